The summed E-state index contributed by atoms with van der Waals surface area (Å²) >= 11 is 0. The number of benzene rings is 1. The lowest BCUT2D eigenvalue weighted by atomic mass is 9.99. The maximum Gasteiger partial charge on any atom is 0.245 e. The van der Waals surface area contributed by atoms with Crippen molar-refractivity contribution < 1.29 is 14.3 Å². The van der Waals surface area contributed by atoms with Gasteiger partial charge in [-0.15, -0.1) is 0 Å². The summed E-state index contributed by atoms with van der Waals surface area (Å²) in [5.74, 6) is 1.75. The molecule has 0 radical (unpaired) electrons. The molecule has 0 spiro atoms. The van der Waals surface area contributed by atoms with E-state index in [1.807, 2.05) is 34.1 Å². The third-order valence-corrected chi connectivity index (χ3v) is 5.76. The summed E-state index contributed by atoms with van der Waals surface area (Å²) in [7, 11) is 0. The summed E-state index contributed by atoms with van der Waals surface area (Å²) in [5, 5.41) is 0. The number of hydrogen-bond donors (Lipinski definition) is 0. The fourth-order valence-corrected chi connectivity index (χ4v) is 4.06. The molecule has 3 aliphatic rings. The minimum atomic E-state index is -0.292. The molecule has 1 saturated carbocycles. The molecular formula is C20H26N2O3. The van der Waals surface area contributed by atoms with Gasteiger partial charge < -0.3 is 14.5 Å². The quantitative estimate of drug-likeness (QED) is 0.829. The van der Waals surface area contributed by atoms with Crippen LogP contribution in [0.3, 0.4) is 0 Å². The van der Waals surface area contributed by atoms with E-state index in [4.69, 9.17) is 4.74 Å². The van der Waals surface area contributed by atoms with Crippen molar-refractivity contribution in [2.45, 2.75) is 45.2 Å². The van der Waals surface area contributed by atoms with E-state index in [1.165, 1.54) is 0 Å². The van der Waals surface area contributed by atoms with Crippen LogP contribution >= 0.6 is 0 Å². The predicted molar refractivity (Wildman–Crippen MR) is 94.0 cm³/mol. The molecule has 2 heterocycles. The van der Waals surface area contributed by atoms with E-state index in [-0.39, 0.29) is 23.8 Å². The molecule has 2 amide bonds. The molecule has 3 atom stereocenters. The molecule has 5 heteroatoms. The number of carbonyl (C=O) groups excluding carboxylic acids is 2. The first-order valence-electron chi connectivity index (χ1n) is 9.45. The zero-order valence-electron chi connectivity index (χ0n) is 14.8. The molecule has 0 unspecified atom stereocenters. The molecule has 1 aromatic rings. The lowest BCUT2D eigenvalue weighted by Gasteiger charge is -2.37. The second-order valence-electron chi connectivity index (χ2n) is 7.58. The van der Waals surface area contributed by atoms with Gasteiger partial charge in [0, 0.05) is 24.6 Å². The number of likely N-dealkylation sites (tertiary alicyclic amines) is 1. The molecule has 4 rings (SSSR count). The number of rotatable bonds is 2. The van der Waals surface area contributed by atoms with Gasteiger partial charge in [-0.1, -0.05) is 25.1 Å². The second-order valence-corrected chi connectivity index (χ2v) is 7.58. The van der Waals surface area contributed by atoms with Gasteiger partial charge in [0.2, 0.25) is 11.8 Å². The Balaban J connectivity index is 1.51. The molecule has 1 aliphatic carbocycles. The summed E-state index contributed by atoms with van der Waals surface area (Å²) in [6.07, 6.45) is 3.77. The molecule has 134 valence electrons. The normalized spacial score (nSPS) is 28.6. The molecule has 0 N–H and O–H groups in total. The van der Waals surface area contributed by atoms with Crippen molar-refractivity contribution in [2.75, 3.05) is 19.7 Å². The number of nitrogens with zero attached hydrogens (tertiary/aromatic N) is 2. The van der Waals surface area contributed by atoms with E-state index >= 15 is 0 Å². The van der Waals surface area contributed by atoms with Crippen LogP contribution in [0.5, 0.6) is 5.75 Å². The Kier molecular flexibility index (Phi) is 4.40. The SMILES string of the molecule is C[C@@H]1C[C@@H]1C(=O)N1CCCC[C@H]1C(=O)N1CCOc2ccccc2C1. The number of para-hydroxylation sites is 1. The predicted octanol–water partition coefficient (Wildman–Crippen LogP) is 2.44. The summed E-state index contributed by atoms with van der Waals surface area (Å²) in [4.78, 5) is 29.7. The minimum absolute atomic E-state index is 0.0849. The first kappa shape index (κ1) is 16.4. The molecule has 5 nitrogen and oxygen atoms in total. The molecule has 0 bridgehead atoms. The van der Waals surface area contributed by atoms with Gasteiger partial charge in [0.15, 0.2) is 0 Å². The molecule has 2 aliphatic heterocycles. The molecular weight excluding hydrogens is 316 g/mol. The van der Waals surface area contributed by atoms with Crippen LogP contribution in [-0.2, 0) is 16.1 Å². The number of amides is 2. The largest absolute Gasteiger partial charge is 0.491 e. The van der Waals surface area contributed by atoms with Gasteiger partial charge in [-0.05, 0) is 37.7 Å². The van der Waals surface area contributed by atoms with E-state index in [0.717, 1.165) is 43.5 Å². The molecule has 0 aromatic heterocycles. The van der Waals surface area contributed by atoms with Crippen molar-refractivity contribution in [2.24, 2.45) is 11.8 Å². The van der Waals surface area contributed by atoms with Crippen molar-refractivity contribution in [3.8, 4) is 5.75 Å². The van der Waals surface area contributed by atoms with Gasteiger partial charge in [0.1, 0.15) is 18.4 Å². The Labute approximate surface area is 148 Å². The van der Waals surface area contributed by atoms with Crippen LogP contribution in [0.25, 0.3) is 0 Å². The zero-order chi connectivity index (χ0) is 17.4. The van der Waals surface area contributed by atoms with Crippen LogP contribution < -0.4 is 4.74 Å². The summed E-state index contributed by atoms with van der Waals surface area (Å²) in [5.41, 5.74) is 1.04. The lowest BCUT2D eigenvalue weighted by molar-refractivity contribution is -0.149. The molecule has 25 heavy (non-hydrogen) atoms. The highest BCUT2D eigenvalue weighted by atomic mass is 16.5. The molecule has 1 saturated heterocycles. The third-order valence-electron chi connectivity index (χ3n) is 5.76. The van der Waals surface area contributed by atoms with Crippen LogP contribution in [0.4, 0.5) is 0 Å². The highest BCUT2D eigenvalue weighted by molar-refractivity contribution is 5.90. The standard InChI is InChI=1S/C20H26N2O3/c1-14-12-16(14)19(23)22-9-5-4-7-17(22)20(24)21-10-11-25-18-8-3-2-6-15(18)13-21/h2-3,6,8,14,16-17H,4-5,7,9-13H2,1H3/t14-,16+,17+/m1/s1. The molecule has 2 fully saturated rings. The number of piperidine rings is 1. The summed E-state index contributed by atoms with van der Waals surface area (Å²) in [6.45, 7) is 4.48. The van der Waals surface area contributed by atoms with E-state index in [1.54, 1.807) is 0 Å². The molecule has 1 aromatic carbocycles. The number of ether oxygens (including phenoxy) is 1. The minimum Gasteiger partial charge on any atom is -0.491 e. The Bertz CT molecular complexity index is 675. The zero-order valence-corrected chi connectivity index (χ0v) is 14.8. The Morgan fingerprint density at radius 3 is 2.72 bits per heavy atom. The summed E-state index contributed by atoms with van der Waals surface area (Å²) in [6, 6.07) is 7.60. The Morgan fingerprint density at radius 1 is 1.12 bits per heavy atom. The van der Waals surface area contributed by atoms with Crippen molar-refractivity contribution in [3.63, 3.8) is 0 Å². The maximum atomic E-state index is 13.2. The fraction of sp³-hybridized carbons (Fsp3) is 0.600. The van der Waals surface area contributed by atoms with E-state index < -0.39 is 0 Å². The van der Waals surface area contributed by atoms with E-state index in [0.29, 0.717) is 25.6 Å². The lowest BCUT2D eigenvalue weighted by Crippen LogP contribution is -2.53. The smallest absolute Gasteiger partial charge is 0.245 e. The number of fused-ring (bicyclic) bond motifs is 1. The Hall–Kier alpha value is -2.04. The average molecular weight is 342 g/mol. The second kappa shape index (κ2) is 6.70. The monoisotopic (exact) mass is 342 g/mol. The van der Waals surface area contributed by atoms with Gasteiger partial charge in [0.25, 0.3) is 0 Å². The third kappa shape index (κ3) is 3.24. The van der Waals surface area contributed by atoms with Crippen molar-refractivity contribution in [3.05, 3.63) is 29.8 Å². The van der Waals surface area contributed by atoms with Crippen LogP contribution in [0.1, 0.15) is 38.2 Å². The highest BCUT2D eigenvalue weighted by Crippen LogP contribution is 2.40. The number of carbonyl (C=O) groups is 2. The van der Waals surface area contributed by atoms with Gasteiger partial charge in [-0.3, -0.25) is 9.59 Å². The summed E-state index contributed by atoms with van der Waals surface area (Å²) < 4.78 is 5.78. The van der Waals surface area contributed by atoms with Crippen LogP contribution in [0.2, 0.25) is 0 Å². The van der Waals surface area contributed by atoms with E-state index in [2.05, 4.69) is 6.92 Å². The van der Waals surface area contributed by atoms with Crippen molar-refractivity contribution in [1.82, 2.24) is 9.80 Å². The van der Waals surface area contributed by atoms with Gasteiger partial charge >= 0.3 is 0 Å². The van der Waals surface area contributed by atoms with Gasteiger partial charge in [-0.2, -0.15) is 0 Å². The van der Waals surface area contributed by atoms with Crippen LogP contribution in [0.15, 0.2) is 24.3 Å². The van der Waals surface area contributed by atoms with Gasteiger partial charge in [-0.25, -0.2) is 0 Å². The first-order chi connectivity index (χ1) is 12.1. The Morgan fingerprint density at radius 2 is 1.92 bits per heavy atom. The van der Waals surface area contributed by atoms with Crippen LogP contribution in [-0.4, -0.2) is 47.4 Å². The topological polar surface area (TPSA) is 49.9 Å². The van der Waals surface area contributed by atoms with Crippen LogP contribution in [0, 0.1) is 11.8 Å². The van der Waals surface area contributed by atoms with Crippen molar-refractivity contribution in [1.29, 1.82) is 0 Å². The number of hydrogen-bond acceptors (Lipinski definition) is 3. The average Bonchev–Trinajstić information content (AvgIpc) is 3.41. The van der Waals surface area contributed by atoms with Gasteiger partial charge in [0.05, 0.1) is 6.54 Å². The van der Waals surface area contributed by atoms with Crippen molar-refractivity contribution >= 4 is 11.8 Å². The first-order valence-corrected chi connectivity index (χ1v) is 9.45. The van der Waals surface area contributed by atoms with E-state index in [9.17, 15) is 9.59 Å². The highest BCUT2D eigenvalue weighted by Gasteiger charge is 2.45. The fourth-order valence-electron chi connectivity index (χ4n) is 4.06. The maximum absolute atomic E-state index is 13.2.